The number of halogens is 3. The van der Waals surface area contributed by atoms with Crippen LogP contribution in [0, 0.1) is 17.8 Å². The van der Waals surface area contributed by atoms with Crippen LogP contribution in [0.1, 0.15) is 36.2 Å². The van der Waals surface area contributed by atoms with Gasteiger partial charge in [0.15, 0.2) is 5.82 Å². The van der Waals surface area contributed by atoms with E-state index in [4.69, 9.17) is 4.74 Å². The Morgan fingerprint density at radius 3 is 2.53 bits per heavy atom. The van der Waals surface area contributed by atoms with Crippen LogP contribution < -0.4 is 0 Å². The molecule has 3 aromatic rings. The monoisotopic (exact) mass is 412 g/mol. The molecule has 2 heterocycles. The van der Waals surface area contributed by atoms with Gasteiger partial charge >= 0.3 is 6.18 Å². The van der Waals surface area contributed by atoms with E-state index in [2.05, 4.69) is 16.8 Å². The number of alkyl halides is 3. The summed E-state index contributed by atoms with van der Waals surface area (Å²) in [7, 11) is 0. The van der Waals surface area contributed by atoms with Gasteiger partial charge in [-0.2, -0.15) is 13.2 Å². The Bertz CT molecular complexity index is 1050. The number of hydrogen-bond acceptors (Lipinski definition) is 2. The zero-order chi connectivity index (χ0) is 21.0. The van der Waals surface area contributed by atoms with Crippen LogP contribution in [-0.4, -0.2) is 28.9 Å². The fourth-order valence-corrected chi connectivity index (χ4v) is 3.82. The molecule has 1 aliphatic heterocycles. The highest BCUT2D eigenvalue weighted by atomic mass is 19.4. The highest BCUT2D eigenvalue weighted by molar-refractivity contribution is 5.78. The molecule has 0 N–H and O–H groups in total. The van der Waals surface area contributed by atoms with E-state index in [1.54, 1.807) is 6.07 Å². The minimum atomic E-state index is -4.35. The fraction of sp³-hybridized carbons (Fsp3) is 0.375. The molecular formula is C24H23F3N2O. The van der Waals surface area contributed by atoms with Gasteiger partial charge in [0.1, 0.15) is 6.54 Å². The van der Waals surface area contributed by atoms with Crippen molar-refractivity contribution in [2.45, 2.75) is 38.4 Å². The molecule has 0 bridgehead atoms. The van der Waals surface area contributed by atoms with E-state index in [1.807, 2.05) is 42.5 Å². The summed E-state index contributed by atoms with van der Waals surface area (Å²) in [5.74, 6) is 6.53. The number of aryl methyl sites for hydroxylation is 1. The second-order valence-corrected chi connectivity index (χ2v) is 7.67. The van der Waals surface area contributed by atoms with Gasteiger partial charge in [-0.25, -0.2) is 4.98 Å². The van der Waals surface area contributed by atoms with Crippen molar-refractivity contribution in [3.8, 4) is 11.8 Å². The van der Waals surface area contributed by atoms with E-state index in [0.29, 0.717) is 17.0 Å². The summed E-state index contributed by atoms with van der Waals surface area (Å²) in [5, 5.41) is 0. The summed E-state index contributed by atoms with van der Waals surface area (Å²) in [4.78, 5) is 4.44. The predicted molar refractivity (Wildman–Crippen MR) is 110 cm³/mol. The zero-order valence-corrected chi connectivity index (χ0v) is 16.6. The summed E-state index contributed by atoms with van der Waals surface area (Å²) in [6, 6.07) is 14.7. The third-order valence-corrected chi connectivity index (χ3v) is 5.42. The maximum absolute atomic E-state index is 13.2. The summed E-state index contributed by atoms with van der Waals surface area (Å²) in [5.41, 5.74) is 2.84. The number of aromatic nitrogens is 2. The van der Waals surface area contributed by atoms with Crippen molar-refractivity contribution < 1.29 is 17.9 Å². The number of rotatable bonds is 4. The van der Waals surface area contributed by atoms with E-state index < -0.39 is 12.7 Å². The Kier molecular flexibility index (Phi) is 6.10. The molecule has 4 rings (SSSR count). The van der Waals surface area contributed by atoms with Gasteiger partial charge in [0.05, 0.1) is 11.0 Å². The number of benzene rings is 2. The van der Waals surface area contributed by atoms with Gasteiger partial charge < -0.3 is 9.30 Å². The second-order valence-electron chi connectivity index (χ2n) is 7.67. The first kappa shape index (κ1) is 20.5. The number of imidazole rings is 1. The lowest BCUT2D eigenvalue weighted by Crippen LogP contribution is -2.18. The Labute approximate surface area is 173 Å². The molecule has 0 radical (unpaired) electrons. The van der Waals surface area contributed by atoms with E-state index in [1.165, 1.54) is 0 Å². The number of nitrogens with zero attached hydrogens (tertiary/aromatic N) is 2. The van der Waals surface area contributed by atoms with E-state index in [-0.39, 0.29) is 5.82 Å². The molecule has 1 fully saturated rings. The third kappa shape index (κ3) is 5.22. The van der Waals surface area contributed by atoms with Crippen LogP contribution in [0.4, 0.5) is 13.2 Å². The van der Waals surface area contributed by atoms with Gasteiger partial charge in [-0.3, -0.25) is 0 Å². The van der Waals surface area contributed by atoms with Crippen molar-refractivity contribution in [3.63, 3.8) is 0 Å². The molecule has 3 nitrogen and oxygen atoms in total. The second kappa shape index (κ2) is 8.93. The van der Waals surface area contributed by atoms with Crippen LogP contribution in [0.15, 0.2) is 48.5 Å². The molecule has 30 heavy (non-hydrogen) atoms. The van der Waals surface area contributed by atoms with Gasteiger partial charge in [0.2, 0.25) is 0 Å². The van der Waals surface area contributed by atoms with E-state index >= 15 is 0 Å². The minimum absolute atomic E-state index is 0.132. The average Bonchev–Trinajstić information content (AvgIpc) is 3.07. The van der Waals surface area contributed by atoms with Crippen molar-refractivity contribution in [1.82, 2.24) is 9.55 Å². The fourth-order valence-electron chi connectivity index (χ4n) is 3.82. The SMILES string of the molecule is FC(F)(F)Cn1c(C#Cc2ccccc2)nc2cc(CCC3CCOCC3)ccc21. The number of hydrogen-bond donors (Lipinski definition) is 0. The van der Waals surface area contributed by atoms with Crippen LogP contribution in [0.3, 0.4) is 0 Å². The molecule has 156 valence electrons. The maximum atomic E-state index is 13.2. The molecule has 1 saturated heterocycles. The maximum Gasteiger partial charge on any atom is 0.406 e. The lowest BCUT2D eigenvalue weighted by Gasteiger charge is -2.21. The molecule has 0 atom stereocenters. The normalized spacial score (nSPS) is 15.2. The summed E-state index contributed by atoms with van der Waals surface area (Å²) >= 11 is 0. The van der Waals surface area contributed by atoms with Crippen LogP contribution in [0.5, 0.6) is 0 Å². The molecule has 0 amide bonds. The van der Waals surface area contributed by atoms with Crippen LogP contribution in [0.2, 0.25) is 0 Å². The van der Waals surface area contributed by atoms with Gasteiger partial charge in [-0.1, -0.05) is 30.2 Å². The molecule has 1 aliphatic rings. The van der Waals surface area contributed by atoms with Gasteiger partial charge in [0, 0.05) is 18.8 Å². The molecule has 6 heteroatoms. The topological polar surface area (TPSA) is 27.1 Å². The van der Waals surface area contributed by atoms with Gasteiger partial charge in [0.25, 0.3) is 0 Å². The van der Waals surface area contributed by atoms with Crippen LogP contribution in [0.25, 0.3) is 11.0 Å². The van der Waals surface area contributed by atoms with Crippen molar-refractivity contribution in [3.05, 3.63) is 65.5 Å². The standard InChI is InChI=1S/C24H23F3N2O/c25-24(26,27)17-29-22-10-8-20(7-6-19-12-14-30-15-13-19)16-21(22)28-23(29)11-9-18-4-2-1-3-5-18/h1-5,8,10,16,19H,6-7,12-15,17H2. The highest BCUT2D eigenvalue weighted by Crippen LogP contribution is 2.26. The van der Waals surface area contributed by atoms with Gasteiger partial charge in [-0.05, 0) is 67.4 Å². The first-order chi connectivity index (χ1) is 14.5. The summed E-state index contributed by atoms with van der Waals surface area (Å²) in [6.45, 7) is 0.522. The van der Waals surface area contributed by atoms with Crippen LogP contribution >= 0.6 is 0 Å². The Hall–Kier alpha value is -2.78. The van der Waals surface area contributed by atoms with Crippen LogP contribution in [-0.2, 0) is 17.7 Å². The minimum Gasteiger partial charge on any atom is -0.381 e. The van der Waals surface area contributed by atoms with Crippen molar-refractivity contribution in [1.29, 1.82) is 0 Å². The summed E-state index contributed by atoms with van der Waals surface area (Å²) in [6.07, 6.45) is -0.265. The van der Waals surface area contributed by atoms with Crippen molar-refractivity contribution in [2.24, 2.45) is 5.92 Å². The van der Waals surface area contributed by atoms with Gasteiger partial charge in [-0.15, -0.1) is 0 Å². The molecule has 0 aliphatic carbocycles. The average molecular weight is 412 g/mol. The Morgan fingerprint density at radius 1 is 1.03 bits per heavy atom. The summed E-state index contributed by atoms with van der Waals surface area (Å²) < 4.78 is 46.1. The first-order valence-electron chi connectivity index (χ1n) is 10.2. The predicted octanol–water partition coefficient (Wildman–Crippen LogP) is 5.36. The molecule has 0 saturated carbocycles. The molecule has 2 aromatic carbocycles. The van der Waals surface area contributed by atoms with E-state index in [9.17, 15) is 13.2 Å². The smallest absolute Gasteiger partial charge is 0.381 e. The zero-order valence-electron chi connectivity index (χ0n) is 16.6. The largest absolute Gasteiger partial charge is 0.406 e. The number of fused-ring (bicyclic) bond motifs is 1. The molecular weight excluding hydrogens is 389 g/mol. The third-order valence-electron chi connectivity index (χ3n) is 5.42. The van der Waals surface area contributed by atoms with Crippen molar-refractivity contribution in [2.75, 3.05) is 13.2 Å². The lowest BCUT2D eigenvalue weighted by molar-refractivity contribution is -0.140. The quantitative estimate of drug-likeness (QED) is 0.540. The number of ether oxygens (including phenoxy) is 1. The molecule has 0 spiro atoms. The Morgan fingerprint density at radius 2 is 1.80 bits per heavy atom. The van der Waals surface area contributed by atoms with Crippen molar-refractivity contribution >= 4 is 11.0 Å². The molecule has 1 aromatic heterocycles. The first-order valence-corrected chi connectivity index (χ1v) is 10.2. The van der Waals surface area contributed by atoms with E-state index in [0.717, 1.165) is 54.6 Å². The Balaban J connectivity index is 1.62. The molecule has 0 unspecified atom stereocenters. The lowest BCUT2D eigenvalue weighted by atomic mass is 9.93. The highest BCUT2D eigenvalue weighted by Gasteiger charge is 2.30.